The summed E-state index contributed by atoms with van der Waals surface area (Å²) in [5, 5.41) is 18.4. The predicted molar refractivity (Wildman–Crippen MR) is 166 cm³/mol. The number of aromatic hydroxyl groups is 2. The smallest absolute Gasteiger partial charge is 0.508 e. The molecule has 39 heavy (non-hydrogen) atoms. The molecule has 3 heteroatoms. The summed E-state index contributed by atoms with van der Waals surface area (Å²) in [4.78, 5) is 0. The van der Waals surface area contributed by atoms with E-state index in [1.807, 2.05) is 24.3 Å². The van der Waals surface area contributed by atoms with Crippen LogP contribution in [0.4, 0.5) is 0 Å². The van der Waals surface area contributed by atoms with E-state index in [4.69, 9.17) is 0 Å². The standard InChI is InChI=1S/2C10H14O.2C8H11.Zr/c2*1-10(2,3)8-5-4-6-9(11)7-8;2*1-6-4-7(2)8(3)5-6;/h2*4-7,11H,1-3H3;2*4-5H,1-3H3;/q;;2*-1;+2. The van der Waals surface area contributed by atoms with E-state index < -0.39 is 0 Å². The Balaban J connectivity index is 0.000000495. The molecule has 0 aromatic heterocycles. The van der Waals surface area contributed by atoms with Gasteiger partial charge < -0.3 is 10.2 Å². The summed E-state index contributed by atoms with van der Waals surface area (Å²) < 4.78 is 0. The van der Waals surface area contributed by atoms with Crippen molar-refractivity contribution in [1.82, 2.24) is 0 Å². The molecule has 210 valence electrons. The molecule has 4 aromatic rings. The Bertz CT molecular complexity index is 1120. The van der Waals surface area contributed by atoms with Crippen molar-refractivity contribution in [1.29, 1.82) is 0 Å². The molecule has 0 amide bonds. The molecule has 2 nitrogen and oxygen atoms in total. The van der Waals surface area contributed by atoms with Gasteiger partial charge in [0.2, 0.25) is 0 Å². The van der Waals surface area contributed by atoms with Crippen LogP contribution in [0.3, 0.4) is 0 Å². The zero-order valence-corrected chi connectivity index (χ0v) is 28.8. The van der Waals surface area contributed by atoms with E-state index in [0.29, 0.717) is 11.5 Å². The molecule has 0 aliphatic carbocycles. The van der Waals surface area contributed by atoms with E-state index in [1.165, 1.54) is 33.4 Å². The molecule has 0 atom stereocenters. The fourth-order valence-electron chi connectivity index (χ4n) is 3.85. The molecule has 0 spiro atoms. The van der Waals surface area contributed by atoms with E-state index in [1.54, 1.807) is 24.3 Å². The van der Waals surface area contributed by atoms with Crippen molar-refractivity contribution in [3.8, 4) is 11.5 Å². The summed E-state index contributed by atoms with van der Waals surface area (Å²) in [6, 6.07) is 23.6. The molecule has 0 unspecified atom stereocenters. The normalized spacial score (nSPS) is 10.6. The Morgan fingerprint density at radius 1 is 0.538 bits per heavy atom. The molecule has 0 saturated carbocycles. The summed E-state index contributed by atoms with van der Waals surface area (Å²) in [7, 11) is 0. The van der Waals surface area contributed by atoms with Crippen molar-refractivity contribution >= 4 is 0 Å². The molecule has 2 N–H and O–H groups in total. The summed E-state index contributed by atoms with van der Waals surface area (Å²) in [5.74, 6) is 0.690. The number of benzene rings is 2. The van der Waals surface area contributed by atoms with Crippen LogP contribution in [0.15, 0.2) is 72.8 Å². The van der Waals surface area contributed by atoms with Crippen LogP contribution < -0.4 is 0 Å². The van der Waals surface area contributed by atoms with Gasteiger partial charge >= 0.3 is 26.2 Å². The van der Waals surface area contributed by atoms with Crippen LogP contribution in [0.2, 0.25) is 0 Å². The van der Waals surface area contributed by atoms with Crippen LogP contribution in [0.1, 0.15) is 86.1 Å². The Kier molecular flexibility index (Phi) is 15.0. The first-order valence-corrected chi connectivity index (χ1v) is 13.4. The maximum absolute atomic E-state index is 9.18. The molecule has 4 aromatic carbocycles. The van der Waals surface area contributed by atoms with Gasteiger partial charge in [0.05, 0.1) is 0 Å². The number of rotatable bonds is 0. The van der Waals surface area contributed by atoms with Crippen molar-refractivity contribution in [3.63, 3.8) is 0 Å². The first-order valence-electron chi connectivity index (χ1n) is 13.4. The van der Waals surface area contributed by atoms with Gasteiger partial charge in [-0.15, -0.1) is 0 Å². The van der Waals surface area contributed by atoms with Gasteiger partial charge in [-0.1, -0.05) is 107 Å². The van der Waals surface area contributed by atoms with Crippen LogP contribution in [0.25, 0.3) is 0 Å². The minimum Gasteiger partial charge on any atom is -0.508 e. The molecule has 0 aliphatic rings. The van der Waals surface area contributed by atoms with Crippen LogP contribution in [0.5, 0.6) is 11.5 Å². The monoisotopic (exact) mass is 604 g/mol. The van der Waals surface area contributed by atoms with Gasteiger partial charge in [-0.2, -0.15) is 34.4 Å². The number of phenolic OH excluding ortho intramolecular Hbond substituents is 2. The molecule has 0 saturated heterocycles. The van der Waals surface area contributed by atoms with Crippen LogP contribution in [-0.2, 0) is 37.0 Å². The fraction of sp³-hybridized carbons (Fsp3) is 0.389. The second kappa shape index (κ2) is 16.0. The second-order valence-corrected chi connectivity index (χ2v) is 12.4. The van der Waals surface area contributed by atoms with Gasteiger partial charge in [0, 0.05) is 0 Å². The summed E-state index contributed by atoms with van der Waals surface area (Å²) in [5.41, 5.74) is 10.9. The largest absolute Gasteiger partial charge is 2.00 e. The molecule has 0 heterocycles. The molecule has 4 rings (SSSR count). The third-order valence-corrected chi connectivity index (χ3v) is 6.45. The summed E-state index contributed by atoms with van der Waals surface area (Å²) in [6.07, 6.45) is 0. The molecule has 0 bridgehead atoms. The van der Waals surface area contributed by atoms with E-state index in [0.717, 1.165) is 11.1 Å². The minimum absolute atomic E-state index is 0. The summed E-state index contributed by atoms with van der Waals surface area (Å²) >= 11 is 0. The molecular weight excluding hydrogens is 556 g/mol. The van der Waals surface area contributed by atoms with Gasteiger partial charge in [-0.05, 0) is 46.2 Å². The van der Waals surface area contributed by atoms with Crippen LogP contribution in [-0.4, -0.2) is 10.2 Å². The Morgan fingerprint density at radius 2 is 0.846 bits per heavy atom. The third-order valence-electron chi connectivity index (χ3n) is 6.45. The zero-order valence-electron chi connectivity index (χ0n) is 26.3. The Labute approximate surface area is 258 Å². The van der Waals surface area contributed by atoms with Crippen molar-refractivity contribution < 1.29 is 36.4 Å². The SMILES string of the molecule is CC(C)(C)c1cccc(O)c1.CC(C)(C)c1cccc(O)c1.Cc1cc(C)[c-](C)c1.Cc1cc(C)[c-](C)c1.[Zr+2]. The number of aryl methyl sites for hydroxylation is 6. The summed E-state index contributed by atoms with van der Waals surface area (Å²) in [6.45, 7) is 25.6. The van der Waals surface area contributed by atoms with Gasteiger partial charge in [0.1, 0.15) is 11.5 Å². The quantitative estimate of drug-likeness (QED) is 0.196. The number of hydrogen-bond donors (Lipinski definition) is 2. The maximum Gasteiger partial charge on any atom is 2.00 e. The van der Waals surface area contributed by atoms with Crippen molar-refractivity contribution in [2.45, 2.75) is 93.9 Å². The molecule has 0 radical (unpaired) electrons. The van der Waals surface area contributed by atoms with E-state index >= 15 is 0 Å². The predicted octanol–water partition coefficient (Wildman–Crippen LogP) is 10.0. The zero-order chi connectivity index (χ0) is 29.3. The van der Waals surface area contributed by atoms with Crippen molar-refractivity contribution in [3.05, 3.63) is 117 Å². The average Bonchev–Trinajstić information content (AvgIpc) is 3.24. The minimum atomic E-state index is 0. The van der Waals surface area contributed by atoms with Gasteiger partial charge in [0.15, 0.2) is 0 Å². The van der Waals surface area contributed by atoms with E-state index in [-0.39, 0.29) is 37.0 Å². The van der Waals surface area contributed by atoms with Gasteiger partial charge in [-0.3, -0.25) is 0 Å². The molecule has 0 fully saturated rings. The molecular formula is C36H50O2Zr. The average molecular weight is 606 g/mol. The first kappa shape index (κ1) is 36.6. The number of hydrogen-bond acceptors (Lipinski definition) is 2. The first-order chi connectivity index (χ1) is 17.4. The van der Waals surface area contributed by atoms with Crippen molar-refractivity contribution in [2.24, 2.45) is 0 Å². The Morgan fingerprint density at radius 3 is 0.974 bits per heavy atom. The topological polar surface area (TPSA) is 40.5 Å². The second-order valence-electron chi connectivity index (χ2n) is 12.4. The van der Waals surface area contributed by atoms with Crippen LogP contribution >= 0.6 is 0 Å². The Hall–Kier alpha value is -2.38. The van der Waals surface area contributed by atoms with E-state index in [2.05, 4.69) is 107 Å². The maximum atomic E-state index is 9.18. The van der Waals surface area contributed by atoms with Crippen LogP contribution in [0, 0.1) is 41.5 Å². The fourth-order valence-corrected chi connectivity index (χ4v) is 3.85. The van der Waals surface area contributed by atoms with Gasteiger partial charge in [0.25, 0.3) is 0 Å². The third kappa shape index (κ3) is 14.0. The van der Waals surface area contributed by atoms with Crippen molar-refractivity contribution in [2.75, 3.05) is 0 Å². The van der Waals surface area contributed by atoms with Gasteiger partial charge in [-0.25, -0.2) is 23.3 Å². The molecule has 0 aliphatic heterocycles. The number of phenols is 2. The van der Waals surface area contributed by atoms with E-state index in [9.17, 15) is 10.2 Å².